The van der Waals surface area contributed by atoms with Gasteiger partial charge in [-0.3, -0.25) is 4.72 Å². The van der Waals surface area contributed by atoms with E-state index in [0.717, 1.165) is 37.3 Å². The Bertz CT molecular complexity index is 1040. The number of piperazine rings is 1. The maximum atomic E-state index is 12.9. The summed E-state index contributed by atoms with van der Waals surface area (Å²) in [6, 6.07) is 8.17. The molecule has 29 heavy (non-hydrogen) atoms. The zero-order valence-corrected chi connectivity index (χ0v) is 18.0. The van der Waals surface area contributed by atoms with Crippen molar-refractivity contribution in [2.24, 2.45) is 0 Å². The molecule has 1 aliphatic rings. The molecule has 0 aromatic heterocycles. The highest BCUT2D eigenvalue weighted by molar-refractivity contribution is 7.92. The number of benzene rings is 2. The van der Waals surface area contributed by atoms with Crippen molar-refractivity contribution in [3.05, 3.63) is 52.6 Å². The number of hydrogen-bond donors (Lipinski definition) is 2. The van der Waals surface area contributed by atoms with Crippen LogP contribution in [-0.2, 0) is 10.0 Å². The summed E-state index contributed by atoms with van der Waals surface area (Å²) in [6.45, 7) is 8.69. The van der Waals surface area contributed by atoms with E-state index in [-0.39, 0.29) is 16.1 Å². The van der Waals surface area contributed by atoms with Gasteiger partial charge in [0.25, 0.3) is 10.0 Å². The third-order valence-electron chi connectivity index (χ3n) is 5.40. The van der Waals surface area contributed by atoms with Gasteiger partial charge in [-0.15, -0.1) is 0 Å². The molecule has 1 fully saturated rings. The molecule has 0 atom stereocenters. The molecular weight excluding hydrogens is 390 g/mol. The number of carbonyl (C=O) groups is 1. The average Bonchev–Trinajstić information content (AvgIpc) is 2.65. The lowest BCUT2D eigenvalue weighted by Gasteiger charge is -2.34. The van der Waals surface area contributed by atoms with E-state index in [9.17, 15) is 18.3 Å². The number of likely N-dealkylation sites (N-methyl/N-ethyl adjacent to an activating group) is 1. The number of nitrogens with zero attached hydrogens (tertiary/aromatic N) is 2. The van der Waals surface area contributed by atoms with E-state index in [2.05, 4.69) is 9.62 Å². The third kappa shape index (κ3) is 4.54. The Hall–Kier alpha value is -2.58. The number of aromatic carboxylic acids is 1. The zero-order valence-electron chi connectivity index (χ0n) is 17.2. The van der Waals surface area contributed by atoms with E-state index in [1.807, 2.05) is 31.9 Å². The first kappa shape index (κ1) is 21.1. The topological polar surface area (TPSA) is 90.0 Å². The monoisotopic (exact) mass is 417 g/mol. The molecule has 2 N–H and O–H groups in total. The summed E-state index contributed by atoms with van der Waals surface area (Å²) in [5.74, 6) is -1.08. The Morgan fingerprint density at radius 3 is 2.21 bits per heavy atom. The fraction of sp³-hybridized carbons (Fsp3) is 0.381. The average molecular weight is 418 g/mol. The van der Waals surface area contributed by atoms with Crippen LogP contribution in [0.4, 0.5) is 11.4 Å². The van der Waals surface area contributed by atoms with Gasteiger partial charge in [-0.1, -0.05) is 6.07 Å². The molecule has 0 unspecified atom stereocenters. The van der Waals surface area contributed by atoms with Gasteiger partial charge in [-0.2, -0.15) is 0 Å². The fourth-order valence-corrected chi connectivity index (χ4v) is 4.89. The van der Waals surface area contributed by atoms with E-state index in [1.54, 1.807) is 25.1 Å². The summed E-state index contributed by atoms with van der Waals surface area (Å²) >= 11 is 0. The largest absolute Gasteiger partial charge is 0.478 e. The second-order valence-corrected chi connectivity index (χ2v) is 9.29. The van der Waals surface area contributed by atoms with E-state index in [4.69, 9.17) is 0 Å². The maximum absolute atomic E-state index is 12.9. The number of hydrogen-bond acceptors (Lipinski definition) is 5. The summed E-state index contributed by atoms with van der Waals surface area (Å²) < 4.78 is 28.4. The number of nitrogens with one attached hydrogen (secondary N) is 1. The molecule has 1 saturated heterocycles. The van der Waals surface area contributed by atoms with Crippen LogP contribution in [0.1, 0.15) is 27.0 Å². The second-order valence-electron chi connectivity index (χ2n) is 7.63. The quantitative estimate of drug-likeness (QED) is 0.778. The minimum Gasteiger partial charge on any atom is -0.478 e. The van der Waals surface area contributed by atoms with E-state index >= 15 is 0 Å². The molecule has 1 heterocycles. The maximum Gasteiger partial charge on any atom is 0.337 e. The second kappa shape index (κ2) is 8.04. The molecule has 0 saturated carbocycles. The van der Waals surface area contributed by atoms with Crippen LogP contribution >= 0.6 is 0 Å². The molecule has 0 bridgehead atoms. The minimum atomic E-state index is -3.83. The van der Waals surface area contributed by atoms with Gasteiger partial charge >= 0.3 is 5.97 Å². The van der Waals surface area contributed by atoms with E-state index in [0.29, 0.717) is 11.3 Å². The molecule has 8 heteroatoms. The Morgan fingerprint density at radius 1 is 0.966 bits per heavy atom. The van der Waals surface area contributed by atoms with Crippen LogP contribution in [0.15, 0.2) is 35.2 Å². The molecule has 0 spiro atoms. The minimum absolute atomic E-state index is 0.0894. The number of carboxylic acid groups (broad SMARTS) is 1. The van der Waals surface area contributed by atoms with Gasteiger partial charge in [0.15, 0.2) is 0 Å². The zero-order chi connectivity index (χ0) is 21.3. The van der Waals surface area contributed by atoms with Crippen LogP contribution in [0, 0.1) is 20.8 Å². The standard InChI is InChI=1S/C21H27N3O4S/c1-14-11-16(3)20(12-15(14)2)29(27,28)22-17-5-6-19(18(13-17)21(25)26)24-9-7-23(4)8-10-24/h5-6,11-13,22H,7-10H2,1-4H3,(H,25,26). The molecule has 0 amide bonds. The van der Waals surface area contributed by atoms with Gasteiger partial charge in [0.1, 0.15) is 0 Å². The predicted octanol–water partition coefficient (Wildman–Crippen LogP) is 2.86. The first-order valence-corrected chi connectivity index (χ1v) is 11.0. The number of carboxylic acids is 1. The Morgan fingerprint density at radius 2 is 1.59 bits per heavy atom. The lowest BCUT2D eigenvalue weighted by molar-refractivity contribution is 0.0697. The molecule has 1 aliphatic heterocycles. The van der Waals surface area contributed by atoms with Gasteiger partial charge in [0, 0.05) is 31.9 Å². The van der Waals surface area contributed by atoms with Crippen LogP contribution in [0.5, 0.6) is 0 Å². The van der Waals surface area contributed by atoms with Crippen molar-refractivity contribution in [1.82, 2.24) is 4.90 Å². The summed E-state index contributed by atoms with van der Waals surface area (Å²) in [5.41, 5.74) is 3.48. The van der Waals surface area contributed by atoms with Crippen molar-refractivity contribution in [2.45, 2.75) is 25.7 Å². The van der Waals surface area contributed by atoms with E-state index in [1.165, 1.54) is 6.07 Å². The number of aryl methyl sites for hydroxylation is 3. The van der Waals surface area contributed by atoms with Crippen molar-refractivity contribution >= 4 is 27.4 Å². The first-order valence-electron chi connectivity index (χ1n) is 9.50. The molecule has 7 nitrogen and oxygen atoms in total. The van der Waals surface area contributed by atoms with Gasteiger partial charge in [0.05, 0.1) is 16.1 Å². The smallest absolute Gasteiger partial charge is 0.337 e. The Kier molecular flexibility index (Phi) is 5.86. The lowest BCUT2D eigenvalue weighted by atomic mass is 10.1. The molecular formula is C21H27N3O4S. The van der Waals surface area contributed by atoms with Crippen LogP contribution < -0.4 is 9.62 Å². The number of anilines is 2. The van der Waals surface area contributed by atoms with Crippen molar-refractivity contribution in [3.8, 4) is 0 Å². The number of rotatable bonds is 5. The first-order chi connectivity index (χ1) is 13.6. The predicted molar refractivity (Wildman–Crippen MR) is 115 cm³/mol. The molecule has 3 rings (SSSR count). The number of sulfonamides is 1. The highest BCUT2D eigenvalue weighted by Gasteiger charge is 2.23. The van der Waals surface area contributed by atoms with Gasteiger partial charge in [0.2, 0.25) is 0 Å². The van der Waals surface area contributed by atoms with Crippen LogP contribution in [0.2, 0.25) is 0 Å². The fourth-order valence-electron chi connectivity index (χ4n) is 3.53. The SMILES string of the molecule is Cc1cc(C)c(S(=O)(=O)Nc2ccc(N3CCN(C)CC3)c(C(=O)O)c2)cc1C. The molecule has 2 aromatic rings. The van der Waals surface area contributed by atoms with Gasteiger partial charge in [-0.05, 0) is 68.8 Å². The summed E-state index contributed by atoms with van der Waals surface area (Å²) in [6.07, 6.45) is 0. The molecule has 0 aliphatic carbocycles. The third-order valence-corrected chi connectivity index (χ3v) is 6.93. The highest BCUT2D eigenvalue weighted by atomic mass is 32.2. The van der Waals surface area contributed by atoms with Gasteiger partial charge in [-0.25, -0.2) is 13.2 Å². The molecule has 156 valence electrons. The van der Waals surface area contributed by atoms with Crippen LogP contribution in [-0.4, -0.2) is 57.6 Å². The lowest BCUT2D eigenvalue weighted by Crippen LogP contribution is -2.45. The van der Waals surface area contributed by atoms with E-state index < -0.39 is 16.0 Å². The summed E-state index contributed by atoms with van der Waals surface area (Å²) in [7, 11) is -1.80. The van der Waals surface area contributed by atoms with Crippen molar-refractivity contribution < 1.29 is 18.3 Å². The van der Waals surface area contributed by atoms with Crippen molar-refractivity contribution in [3.63, 3.8) is 0 Å². The Balaban J connectivity index is 1.93. The summed E-state index contributed by atoms with van der Waals surface area (Å²) in [5, 5.41) is 9.68. The van der Waals surface area contributed by atoms with Crippen LogP contribution in [0.3, 0.4) is 0 Å². The molecule has 0 radical (unpaired) electrons. The Labute approximate surface area is 172 Å². The summed E-state index contributed by atoms with van der Waals surface area (Å²) in [4.78, 5) is 16.2. The van der Waals surface area contributed by atoms with Crippen molar-refractivity contribution in [2.75, 3.05) is 42.8 Å². The van der Waals surface area contributed by atoms with Crippen molar-refractivity contribution in [1.29, 1.82) is 0 Å². The van der Waals surface area contributed by atoms with Crippen LogP contribution in [0.25, 0.3) is 0 Å². The van der Waals surface area contributed by atoms with Gasteiger partial charge < -0.3 is 14.9 Å². The highest BCUT2D eigenvalue weighted by Crippen LogP contribution is 2.28. The normalized spacial score (nSPS) is 15.4. The molecule has 2 aromatic carbocycles.